The average molecular weight is 199 g/mol. The van der Waals surface area contributed by atoms with Gasteiger partial charge in [0, 0.05) is 6.54 Å². The van der Waals surface area contributed by atoms with Crippen molar-refractivity contribution < 1.29 is 9.90 Å². The van der Waals surface area contributed by atoms with Crippen molar-refractivity contribution in [1.29, 1.82) is 0 Å². The lowest BCUT2D eigenvalue weighted by atomic mass is 9.88. The molecule has 0 bridgehead atoms. The van der Waals surface area contributed by atoms with Crippen LogP contribution in [0.1, 0.15) is 26.7 Å². The van der Waals surface area contributed by atoms with E-state index in [2.05, 4.69) is 18.7 Å². The van der Waals surface area contributed by atoms with Gasteiger partial charge < -0.3 is 5.11 Å². The summed E-state index contributed by atoms with van der Waals surface area (Å²) in [6, 6.07) is 0. The third kappa shape index (κ3) is 3.39. The van der Waals surface area contributed by atoms with Gasteiger partial charge >= 0.3 is 0 Å². The molecule has 0 aromatic heterocycles. The van der Waals surface area contributed by atoms with E-state index in [1.54, 1.807) is 0 Å². The molecule has 0 aliphatic carbocycles. The van der Waals surface area contributed by atoms with E-state index in [0.717, 1.165) is 19.0 Å². The largest absolute Gasteiger partial charge is 0.389 e. The Kier molecular flexibility index (Phi) is 4.55. The molecule has 1 unspecified atom stereocenters. The average Bonchev–Trinajstić information content (AvgIpc) is 2.18. The van der Waals surface area contributed by atoms with Crippen molar-refractivity contribution in [3.63, 3.8) is 0 Å². The van der Waals surface area contributed by atoms with Gasteiger partial charge in [-0.15, -0.1) is 0 Å². The summed E-state index contributed by atoms with van der Waals surface area (Å²) in [6.07, 6.45) is 2.46. The summed E-state index contributed by atoms with van der Waals surface area (Å²) in [5, 5.41) is 8.66. The molecular formula is C11H21NO2. The second-order valence-electron chi connectivity index (χ2n) is 4.58. The Morgan fingerprint density at radius 1 is 1.57 bits per heavy atom. The highest BCUT2D eigenvalue weighted by Gasteiger charge is 2.23. The van der Waals surface area contributed by atoms with Gasteiger partial charge in [0.15, 0.2) is 5.78 Å². The van der Waals surface area contributed by atoms with E-state index < -0.39 is 0 Å². The number of carbonyl (C=O) groups is 1. The Bertz CT molecular complexity index is 192. The Balaban J connectivity index is 2.36. The van der Waals surface area contributed by atoms with Gasteiger partial charge in [-0.1, -0.05) is 13.8 Å². The monoisotopic (exact) mass is 199 g/mol. The topological polar surface area (TPSA) is 40.5 Å². The normalized spacial score (nSPS) is 24.1. The molecule has 82 valence electrons. The van der Waals surface area contributed by atoms with Crippen LogP contribution in [0.5, 0.6) is 0 Å². The van der Waals surface area contributed by atoms with Crippen LogP contribution in [0, 0.1) is 11.8 Å². The molecule has 1 atom stereocenters. The number of hydrogen-bond donors (Lipinski definition) is 1. The fourth-order valence-corrected chi connectivity index (χ4v) is 2.08. The van der Waals surface area contributed by atoms with Crippen LogP contribution in [-0.4, -0.2) is 42.0 Å². The van der Waals surface area contributed by atoms with E-state index in [9.17, 15) is 4.79 Å². The second-order valence-corrected chi connectivity index (χ2v) is 4.58. The number of Topliss-reactive ketones (excluding diaryl/α,β-unsaturated/α-hetero) is 1. The Morgan fingerprint density at radius 2 is 2.29 bits per heavy atom. The first-order valence-corrected chi connectivity index (χ1v) is 5.48. The smallest absolute Gasteiger partial charge is 0.172 e. The number of piperidine rings is 1. The number of aliphatic hydroxyl groups is 1. The third-order valence-corrected chi connectivity index (χ3v) is 3.06. The van der Waals surface area contributed by atoms with E-state index in [1.165, 1.54) is 12.8 Å². The molecule has 0 aromatic carbocycles. The van der Waals surface area contributed by atoms with Crippen molar-refractivity contribution in [2.24, 2.45) is 11.8 Å². The van der Waals surface area contributed by atoms with E-state index in [-0.39, 0.29) is 12.4 Å². The number of hydrogen-bond acceptors (Lipinski definition) is 3. The maximum Gasteiger partial charge on any atom is 0.172 e. The standard InChI is InChI=1S/C11H21NO2/c1-9(2)10-4-3-5-12(6-10)7-11(14)8-13/h9-10,13H,3-8H2,1-2H3. The zero-order valence-corrected chi connectivity index (χ0v) is 9.20. The molecule has 0 aromatic rings. The second kappa shape index (κ2) is 5.47. The number of nitrogens with zero attached hydrogens (tertiary/aromatic N) is 1. The van der Waals surface area contributed by atoms with Gasteiger partial charge in [-0.3, -0.25) is 9.69 Å². The molecule has 1 saturated heterocycles. The van der Waals surface area contributed by atoms with Gasteiger partial charge in [0.25, 0.3) is 0 Å². The van der Waals surface area contributed by atoms with Gasteiger partial charge in [-0.2, -0.15) is 0 Å². The molecule has 14 heavy (non-hydrogen) atoms. The summed E-state index contributed by atoms with van der Waals surface area (Å²) in [7, 11) is 0. The summed E-state index contributed by atoms with van der Waals surface area (Å²) >= 11 is 0. The molecule has 0 saturated carbocycles. The fraction of sp³-hybridized carbons (Fsp3) is 0.909. The Labute approximate surface area is 86.1 Å². The molecule has 3 heteroatoms. The Morgan fingerprint density at radius 3 is 2.86 bits per heavy atom. The minimum atomic E-state index is -0.317. The van der Waals surface area contributed by atoms with Gasteiger partial charge in [-0.25, -0.2) is 0 Å². The van der Waals surface area contributed by atoms with E-state index in [1.807, 2.05) is 0 Å². The molecule has 0 amide bonds. The van der Waals surface area contributed by atoms with Crippen molar-refractivity contribution in [2.45, 2.75) is 26.7 Å². The summed E-state index contributed by atoms with van der Waals surface area (Å²) in [6.45, 7) is 6.62. The molecule has 1 aliphatic heterocycles. The van der Waals surface area contributed by atoms with Gasteiger partial charge in [0.2, 0.25) is 0 Å². The van der Waals surface area contributed by atoms with Crippen LogP contribution in [0.15, 0.2) is 0 Å². The number of rotatable bonds is 4. The summed E-state index contributed by atoms with van der Waals surface area (Å²) < 4.78 is 0. The number of aliphatic hydroxyl groups excluding tert-OH is 1. The summed E-state index contributed by atoms with van der Waals surface area (Å²) in [5.41, 5.74) is 0. The molecule has 1 aliphatic rings. The van der Waals surface area contributed by atoms with Crippen LogP contribution in [0.4, 0.5) is 0 Å². The van der Waals surface area contributed by atoms with Crippen molar-refractivity contribution >= 4 is 5.78 Å². The van der Waals surface area contributed by atoms with E-state index in [4.69, 9.17) is 5.11 Å². The molecular weight excluding hydrogens is 178 g/mol. The first kappa shape index (κ1) is 11.7. The maximum absolute atomic E-state index is 11.1. The van der Waals surface area contributed by atoms with Crippen molar-refractivity contribution in [2.75, 3.05) is 26.2 Å². The van der Waals surface area contributed by atoms with Crippen LogP contribution in [0.25, 0.3) is 0 Å². The molecule has 3 nitrogen and oxygen atoms in total. The highest BCUT2D eigenvalue weighted by molar-refractivity contribution is 5.81. The van der Waals surface area contributed by atoms with Crippen LogP contribution in [0.2, 0.25) is 0 Å². The molecule has 0 radical (unpaired) electrons. The number of carbonyl (C=O) groups excluding carboxylic acids is 1. The van der Waals surface area contributed by atoms with E-state index in [0.29, 0.717) is 12.5 Å². The summed E-state index contributed by atoms with van der Waals surface area (Å²) in [5.74, 6) is 1.35. The van der Waals surface area contributed by atoms with Crippen LogP contribution < -0.4 is 0 Å². The van der Waals surface area contributed by atoms with Gasteiger partial charge in [-0.05, 0) is 31.2 Å². The highest BCUT2D eigenvalue weighted by atomic mass is 16.3. The molecule has 1 fully saturated rings. The summed E-state index contributed by atoms with van der Waals surface area (Å²) in [4.78, 5) is 13.2. The first-order valence-electron chi connectivity index (χ1n) is 5.48. The van der Waals surface area contributed by atoms with Gasteiger partial charge in [0.05, 0.1) is 6.54 Å². The van der Waals surface area contributed by atoms with Gasteiger partial charge in [0.1, 0.15) is 6.61 Å². The van der Waals surface area contributed by atoms with Crippen molar-refractivity contribution in [3.8, 4) is 0 Å². The van der Waals surface area contributed by atoms with Crippen LogP contribution in [0.3, 0.4) is 0 Å². The molecule has 1 heterocycles. The predicted octanol–water partition coefficient (Wildman–Crippen LogP) is 0.916. The highest BCUT2D eigenvalue weighted by Crippen LogP contribution is 2.22. The third-order valence-electron chi connectivity index (χ3n) is 3.06. The van der Waals surface area contributed by atoms with Crippen molar-refractivity contribution in [1.82, 2.24) is 4.90 Å². The molecule has 1 rings (SSSR count). The minimum absolute atomic E-state index is 0.0607. The maximum atomic E-state index is 11.1. The quantitative estimate of drug-likeness (QED) is 0.732. The lowest BCUT2D eigenvalue weighted by molar-refractivity contribution is -0.123. The van der Waals surface area contributed by atoms with Crippen LogP contribution >= 0.6 is 0 Å². The number of ketones is 1. The predicted molar refractivity (Wildman–Crippen MR) is 56.1 cm³/mol. The Hall–Kier alpha value is -0.410. The fourth-order valence-electron chi connectivity index (χ4n) is 2.08. The van der Waals surface area contributed by atoms with E-state index >= 15 is 0 Å². The first-order chi connectivity index (χ1) is 6.63. The lowest BCUT2D eigenvalue weighted by Crippen LogP contribution is -2.40. The number of likely N-dealkylation sites (tertiary alicyclic amines) is 1. The lowest BCUT2D eigenvalue weighted by Gasteiger charge is -2.34. The molecule has 0 spiro atoms. The zero-order valence-electron chi connectivity index (χ0n) is 9.20. The SMILES string of the molecule is CC(C)C1CCCN(CC(=O)CO)C1. The van der Waals surface area contributed by atoms with Crippen molar-refractivity contribution in [3.05, 3.63) is 0 Å². The molecule has 1 N–H and O–H groups in total. The van der Waals surface area contributed by atoms with Crippen LogP contribution in [-0.2, 0) is 4.79 Å². The zero-order chi connectivity index (χ0) is 10.6. The minimum Gasteiger partial charge on any atom is -0.389 e.